The van der Waals surface area contributed by atoms with Gasteiger partial charge < -0.3 is 18.9 Å². The van der Waals surface area contributed by atoms with Crippen molar-refractivity contribution in [3.8, 4) is 5.75 Å². The van der Waals surface area contributed by atoms with Crippen molar-refractivity contribution in [2.75, 3.05) is 34.0 Å². The monoisotopic (exact) mass is 282 g/mol. The first-order valence-electron chi connectivity index (χ1n) is 6.99. The lowest BCUT2D eigenvalue weighted by molar-refractivity contribution is -0.122. The maximum Gasteiger partial charge on any atom is 0.191 e. The second-order valence-corrected chi connectivity index (χ2v) is 4.63. The van der Waals surface area contributed by atoms with E-state index in [0.29, 0.717) is 6.61 Å². The summed E-state index contributed by atoms with van der Waals surface area (Å²) in [4.78, 5) is 0. The molecule has 0 bridgehead atoms. The fraction of sp³-hybridized carbons (Fsp3) is 0.625. The summed E-state index contributed by atoms with van der Waals surface area (Å²) in [7, 11) is 3.21. The van der Waals surface area contributed by atoms with Gasteiger partial charge in [0.2, 0.25) is 0 Å². The van der Waals surface area contributed by atoms with Crippen molar-refractivity contribution in [2.45, 2.75) is 33.5 Å². The zero-order valence-electron chi connectivity index (χ0n) is 13.2. The Hall–Kier alpha value is -1.10. The Kier molecular flexibility index (Phi) is 7.59. The highest BCUT2D eigenvalue weighted by Gasteiger charge is 2.10. The smallest absolute Gasteiger partial charge is 0.191 e. The molecule has 0 saturated heterocycles. The molecule has 0 saturated carbocycles. The molecule has 0 radical (unpaired) electrons. The number of hydrogen-bond acceptors (Lipinski definition) is 4. The average molecular weight is 282 g/mol. The summed E-state index contributed by atoms with van der Waals surface area (Å²) in [6.07, 6.45) is 0.590. The van der Waals surface area contributed by atoms with E-state index in [4.69, 9.17) is 18.9 Å². The van der Waals surface area contributed by atoms with E-state index in [-0.39, 0.29) is 6.29 Å². The fourth-order valence-electron chi connectivity index (χ4n) is 2.00. The van der Waals surface area contributed by atoms with Gasteiger partial charge in [-0.05, 0) is 49.9 Å². The predicted octanol–water partition coefficient (Wildman–Crippen LogP) is 2.88. The van der Waals surface area contributed by atoms with Crippen molar-refractivity contribution >= 4 is 0 Å². The zero-order valence-corrected chi connectivity index (χ0v) is 13.2. The highest BCUT2D eigenvalue weighted by Crippen LogP contribution is 2.25. The van der Waals surface area contributed by atoms with Gasteiger partial charge in [-0.2, -0.15) is 0 Å². The molecule has 114 valence electrons. The molecule has 1 aromatic rings. The van der Waals surface area contributed by atoms with Gasteiger partial charge in [-0.1, -0.05) is 6.07 Å². The lowest BCUT2D eigenvalue weighted by atomic mass is 10.0. The molecule has 0 spiro atoms. The summed E-state index contributed by atoms with van der Waals surface area (Å²) in [6, 6.07) is 4.11. The highest BCUT2D eigenvalue weighted by atomic mass is 16.7. The van der Waals surface area contributed by atoms with E-state index in [1.165, 1.54) is 11.1 Å². The van der Waals surface area contributed by atoms with Crippen LogP contribution in [0.15, 0.2) is 12.1 Å². The van der Waals surface area contributed by atoms with Gasteiger partial charge in [0.05, 0.1) is 6.61 Å². The van der Waals surface area contributed by atoms with Gasteiger partial charge in [0, 0.05) is 20.8 Å². The van der Waals surface area contributed by atoms with Crippen molar-refractivity contribution < 1.29 is 18.9 Å². The van der Waals surface area contributed by atoms with Crippen LogP contribution in [-0.4, -0.2) is 40.3 Å². The molecule has 0 fully saturated rings. The van der Waals surface area contributed by atoms with Crippen LogP contribution in [0.2, 0.25) is 0 Å². The molecule has 0 aromatic heterocycles. The minimum absolute atomic E-state index is 0.340. The first-order chi connectivity index (χ1) is 9.63. The van der Waals surface area contributed by atoms with Gasteiger partial charge in [-0.25, -0.2) is 0 Å². The lowest BCUT2D eigenvalue weighted by Crippen LogP contribution is -2.22. The summed E-state index contributed by atoms with van der Waals surface area (Å²) in [5, 5.41) is 0. The van der Waals surface area contributed by atoms with Crippen LogP contribution in [0.4, 0.5) is 0 Å². The molecule has 0 atom stereocenters. The van der Waals surface area contributed by atoms with Gasteiger partial charge >= 0.3 is 0 Å². The summed E-state index contributed by atoms with van der Waals surface area (Å²) < 4.78 is 21.4. The van der Waals surface area contributed by atoms with Crippen LogP contribution in [0.1, 0.15) is 23.6 Å². The third kappa shape index (κ3) is 4.78. The van der Waals surface area contributed by atoms with Crippen molar-refractivity contribution in [1.29, 1.82) is 0 Å². The van der Waals surface area contributed by atoms with Gasteiger partial charge in [-0.15, -0.1) is 0 Å². The molecule has 20 heavy (non-hydrogen) atoms. The number of rotatable bonds is 9. The van der Waals surface area contributed by atoms with Gasteiger partial charge in [0.1, 0.15) is 12.4 Å². The standard InChI is InChI=1S/C16H26O4/c1-6-19-10-9-14-7-8-15(13(3)12(14)2)20-11-16(17-4)18-5/h7-8,16H,6,9-11H2,1-5H3. The number of hydrogen-bond donors (Lipinski definition) is 0. The largest absolute Gasteiger partial charge is 0.488 e. The molecule has 0 aliphatic heterocycles. The SMILES string of the molecule is CCOCCc1ccc(OCC(OC)OC)c(C)c1C. The maximum absolute atomic E-state index is 5.76. The summed E-state index contributed by atoms with van der Waals surface area (Å²) >= 11 is 0. The van der Waals surface area contributed by atoms with Crippen LogP contribution in [0.25, 0.3) is 0 Å². The zero-order chi connectivity index (χ0) is 15.0. The normalized spacial score (nSPS) is 11.1. The van der Waals surface area contributed by atoms with Crippen LogP contribution in [0.5, 0.6) is 5.75 Å². The van der Waals surface area contributed by atoms with Crippen LogP contribution in [-0.2, 0) is 20.6 Å². The Bertz CT molecular complexity index is 400. The first-order valence-corrected chi connectivity index (χ1v) is 6.99. The molecule has 0 aliphatic rings. The summed E-state index contributed by atoms with van der Waals surface area (Å²) in [5.41, 5.74) is 3.72. The minimum Gasteiger partial charge on any atom is -0.488 e. The van der Waals surface area contributed by atoms with Gasteiger partial charge in [0.15, 0.2) is 6.29 Å². The topological polar surface area (TPSA) is 36.9 Å². The maximum atomic E-state index is 5.76. The third-order valence-corrected chi connectivity index (χ3v) is 3.47. The highest BCUT2D eigenvalue weighted by molar-refractivity contribution is 5.43. The van der Waals surface area contributed by atoms with E-state index in [0.717, 1.165) is 30.9 Å². The molecule has 0 aliphatic carbocycles. The molecular formula is C16H26O4. The molecule has 0 heterocycles. The Morgan fingerprint density at radius 1 is 1.05 bits per heavy atom. The second kappa shape index (κ2) is 8.95. The molecule has 0 unspecified atom stereocenters. The van der Waals surface area contributed by atoms with Crippen molar-refractivity contribution in [3.63, 3.8) is 0 Å². The van der Waals surface area contributed by atoms with Crippen molar-refractivity contribution in [3.05, 3.63) is 28.8 Å². The molecule has 1 aromatic carbocycles. The second-order valence-electron chi connectivity index (χ2n) is 4.63. The van der Waals surface area contributed by atoms with E-state index in [1.807, 2.05) is 13.0 Å². The minimum atomic E-state index is -0.340. The van der Waals surface area contributed by atoms with E-state index in [9.17, 15) is 0 Å². The molecule has 1 rings (SSSR count). The molecule has 0 amide bonds. The van der Waals surface area contributed by atoms with E-state index in [1.54, 1.807) is 14.2 Å². The Balaban J connectivity index is 2.68. The van der Waals surface area contributed by atoms with Gasteiger partial charge in [0.25, 0.3) is 0 Å². The lowest BCUT2D eigenvalue weighted by Gasteiger charge is -2.18. The van der Waals surface area contributed by atoms with Gasteiger partial charge in [-0.3, -0.25) is 0 Å². The average Bonchev–Trinajstić information content (AvgIpc) is 2.46. The Morgan fingerprint density at radius 2 is 1.75 bits per heavy atom. The quantitative estimate of drug-likeness (QED) is 0.515. The van der Waals surface area contributed by atoms with E-state index >= 15 is 0 Å². The predicted molar refractivity (Wildman–Crippen MR) is 79.4 cm³/mol. The molecule has 0 N–H and O–H groups in total. The van der Waals surface area contributed by atoms with Crippen molar-refractivity contribution in [1.82, 2.24) is 0 Å². The molecular weight excluding hydrogens is 256 g/mol. The van der Waals surface area contributed by atoms with Crippen LogP contribution in [0, 0.1) is 13.8 Å². The Labute approximate surface area is 122 Å². The van der Waals surface area contributed by atoms with Crippen LogP contribution < -0.4 is 4.74 Å². The third-order valence-electron chi connectivity index (χ3n) is 3.47. The van der Waals surface area contributed by atoms with Crippen molar-refractivity contribution in [2.24, 2.45) is 0 Å². The van der Waals surface area contributed by atoms with Crippen LogP contribution >= 0.6 is 0 Å². The number of methoxy groups -OCH3 is 2. The Morgan fingerprint density at radius 3 is 2.35 bits per heavy atom. The van der Waals surface area contributed by atoms with E-state index < -0.39 is 0 Å². The molecule has 4 heteroatoms. The van der Waals surface area contributed by atoms with E-state index in [2.05, 4.69) is 19.9 Å². The molecule has 4 nitrogen and oxygen atoms in total. The van der Waals surface area contributed by atoms with Crippen LogP contribution in [0.3, 0.4) is 0 Å². The number of ether oxygens (including phenoxy) is 4. The number of benzene rings is 1. The first kappa shape index (κ1) is 17.0. The summed E-state index contributed by atoms with van der Waals surface area (Å²) in [5.74, 6) is 0.877. The fourth-order valence-corrected chi connectivity index (χ4v) is 2.00. The summed E-state index contributed by atoms with van der Waals surface area (Å²) in [6.45, 7) is 8.10.